The number of nitrogens with zero attached hydrogens (tertiary/aromatic N) is 2. The van der Waals surface area contributed by atoms with Gasteiger partial charge in [-0.15, -0.1) is 0 Å². The highest BCUT2D eigenvalue weighted by molar-refractivity contribution is 6.26. The molecule has 0 saturated carbocycles. The SMILES string of the molecule is C=C(C1=C(C)c2cccc3c(-n4c5ccccc5c5cc(-n6c7ccccc7c7ccccc76)ccc54)ccc1c23)c1ccccc1. The molecule has 220 valence electrons. The van der Waals surface area contributed by atoms with Crippen LogP contribution in [-0.4, -0.2) is 9.13 Å². The average Bonchev–Trinajstić information content (AvgIpc) is 3.74. The molecule has 0 radical (unpaired) electrons. The lowest BCUT2D eigenvalue weighted by Crippen LogP contribution is -1.98. The molecule has 2 nitrogen and oxygen atoms in total. The Hall–Kier alpha value is -6.12. The van der Waals surface area contributed by atoms with E-state index in [1.54, 1.807) is 0 Å². The molecule has 1 aliphatic carbocycles. The quantitative estimate of drug-likeness (QED) is 0.191. The number of allylic oxidation sites excluding steroid dienone is 3. The van der Waals surface area contributed by atoms with Gasteiger partial charge in [0.2, 0.25) is 0 Å². The van der Waals surface area contributed by atoms with Crippen LogP contribution in [0.3, 0.4) is 0 Å². The molecule has 47 heavy (non-hydrogen) atoms. The number of hydrogen-bond acceptors (Lipinski definition) is 0. The summed E-state index contributed by atoms with van der Waals surface area (Å²) in [4.78, 5) is 0. The highest BCUT2D eigenvalue weighted by Crippen LogP contribution is 2.49. The fraction of sp³-hybridized carbons (Fsp3) is 0.0222. The van der Waals surface area contributed by atoms with Crippen LogP contribution in [0.1, 0.15) is 23.6 Å². The zero-order valence-corrected chi connectivity index (χ0v) is 26.0. The molecule has 0 aliphatic heterocycles. The van der Waals surface area contributed by atoms with E-state index in [0.717, 1.165) is 11.1 Å². The van der Waals surface area contributed by atoms with Crippen molar-refractivity contribution in [3.05, 3.63) is 175 Å². The Kier molecular flexibility index (Phi) is 5.39. The third-order valence-electron chi connectivity index (χ3n) is 10.2. The molecule has 0 unspecified atom stereocenters. The van der Waals surface area contributed by atoms with Crippen molar-refractivity contribution in [3.63, 3.8) is 0 Å². The minimum Gasteiger partial charge on any atom is -0.309 e. The van der Waals surface area contributed by atoms with Gasteiger partial charge in [-0.05, 0) is 88.2 Å². The Morgan fingerprint density at radius 2 is 1.04 bits per heavy atom. The van der Waals surface area contributed by atoms with Crippen molar-refractivity contribution in [1.29, 1.82) is 0 Å². The number of fused-ring (bicyclic) bond motifs is 6. The monoisotopic (exact) mass is 598 g/mol. The first kappa shape index (κ1) is 26.1. The number of benzene rings is 7. The van der Waals surface area contributed by atoms with E-state index < -0.39 is 0 Å². The highest BCUT2D eigenvalue weighted by atomic mass is 15.0. The van der Waals surface area contributed by atoms with Gasteiger partial charge in [0.1, 0.15) is 0 Å². The van der Waals surface area contributed by atoms with Gasteiger partial charge in [0.15, 0.2) is 0 Å². The zero-order chi connectivity index (χ0) is 31.2. The number of rotatable bonds is 4. The molecule has 1 aliphatic rings. The molecule has 0 saturated heterocycles. The van der Waals surface area contributed by atoms with E-state index in [0.29, 0.717) is 0 Å². The smallest absolute Gasteiger partial charge is 0.0542 e. The van der Waals surface area contributed by atoms with Crippen molar-refractivity contribution in [2.45, 2.75) is 6.92 Å². The van der Waals surface area contributed by atoms with Crippen molar-refractivity contribution in [2.24, 2.45) is 0 Å². The van der Waals surface area contributed by atoms with E-state index in [-0.39, 0.29) is 0 Å². The second-order valence-corrected chi connectivity index (χ2v) is 12.6. The molecule has 0 atom stereocenters. The van der Waals surface area contributed by atoms with Crippen molar-refractivity contribution in [2.75, 3.05) is 0 Å². The molecule has 0 amide bonds. The number of para-hydroxylation sites is 3. The van der Waals surface area contributed by atoms with Crippen molar-refractivity contribution in [3.8, 4) is 11.4 Å². The van der Waals surface area contributed by atoms with Gasteiger partial charge in [0.05, 0.1) is 27.8 Å². The molecule has 9 aromatic rings. The van der Waals surface area contributed by atoms with Crippen molar-refractivity contribution < 1.29 is 0 Å². The van der Waals surface area contributed by atoms with Crippen molar-refractivity contribution in [1.82, 2.24) is 9.13 Å². The predicted octanol–water partition coefficient (Wildman–Crippen LogP) is 12.0. The normalized spacial score (nSPS) is 12.8. The fourth-order valence-electron chi connectivity index (χ4n) is 8.18. The van der Waals surface area contributed by atoms with Crippen molar-refractivity contribution >= 4 is 71.1 Å². The minimum absolute atomic E-state index is 1.07. The summed E-state index contributed by atoms with van der Waals surface area (Å²) in [6.07, 6.45) is 0. The van der Waals surface area contributed by atoms with Crippen LogP contribution in [0.2, 0.25) is 0 Å². The Balaban J connectivity index is 1.21. The second kappa shape index (κ2) is 9.69. The topological polar surface area (TPSA) is 9.86 Å². The molecule has 0 bridgehead atoms. The number of hydrogen-bond donors (Lipinski definition) is 0. The summed E-state index contributed by atoms with van der Waals surface area (Å²) in [5, 5.41) is 7.61. The summed E-state index contributed by atoms with van der Waals surface area (Å²) in [5.41, 5.74) is 14.5. The molecule has 2 heteroatoms. The Morgan fingerprint density at radius 3 is 1.74 bits per heavy atom. The van der Waals surface area contributed by atoms with Crippen LogP contribution in [0.4, 0.5) is 0 Å². The van der Waals surface area contributed by atoms with Gasteiger partial charge in [0.25, 0.3) is 0 Å². The summed E-state index contributed by atoms with van der Waals surface area (Å²) in [6.45, 7) is 6.83. The summed E-state index contributed by atoms with van der Waals surface area (Å²) >= 11 is 0. The molecule has 0 N–H and O–H groups in total. The van der Waals surface area contributed by atoms with E-state index >= 15 is 0 Å². The molecular formula is C45H30N2. The third-order valence-corrected chi connectivity index (χ3v) is 10.2. The zero-order valence-electron chi connectivity index (χ0n) is 26.0. The molecular weight excluding hydrogens is 569 g/mol. The standard InChI is InChI=1S/C45H30N2/c1-28(30-13-4-3-5-14-30)44-29(2)32-18-12-19-36-42(26-24-37(44)45(32)36)47-41-22-11-8-17-35(41)38-27-31(23-25-43(38)47)46-39-20-9-6-15-33(39)34-16-7-10-21-40(34)46/h3-27H,1H2,2H3. The lowest BCUT2D eigenvalue weighted by molar-refractivity contribution is 1.17. The Labute approximate surface area is 272 Å². The van der Waals surface area contributed by atoms with Gasteiger partial charge in [-0.1, -0.05) is 116 Å². The Bertz CT molecular complexity index is 2750. The predicted molar refractivity (Wildman–Crippen MR) is 201 cm³/mol. The van der Waals surface area contributed by atoms with E-state index in [4.69, 9.17) is 0 Å². The van der Waals surface area contributed by atoms with Gasteiger partial charge in [-0.25, -0.2) is 0 Å². The molecule has 0 spiro atoms. The first-order chi connectivity index (χ1) is 23.2. The van der Waals surface area contributed by atoms with E-state index in [1.165, 1.54) is 88.0 Å². The third kappa shape index (κ3) is 3.55. The van der Waals surface area contributed by atoms with Crippen LogP contribution in [0, 0.1) is 0 Å². The summed E-state index contributed by atoms with van der Waals surface area (Å²) in [6, 6.07) is 55.2. The van der Waals surface area contributed by atoms with Crippen LogP contribution in [0.25, 0.3) is 82.5 Å². The van der Waals surface area contributed by atoms with Crippen LogP contribution >= 0.6 is 0 Å². The first-order valence-corrected chi connectivity index (χ1v) is 16.2. The van der Waals surface area contributed by atoms with Gasteiger partial charge >= 0.3 is 0 Å². The molecule has 10 rings (SSSR count). The fourth-order valence-corrected chi connectivity index (χ4v) is 8.18. The van der Waals surface area contributed by atoms with Gasteiger partial charge in [0, 0.05) is 32.6 Å². The highest BCUT2D eigenvalue weighted by Gasteiger charge is 2.26. The average molecular weight is 599 g/mol. The van der Waals surface area contributed by atoms with E-state index in [1.807, 2.05) is 0 Å². The second-order valence-electron chi connectivity index (χ2n) is 12.6. The maximum atomic E-state index is 4.58. The molecule has 2 aromatic heterocycles. The van der Waals surface area contributed by atoms with E-state index in [9.17, 15) is 0 Å². The van der Waals surface area contributed by atoms with Gasteiger partial charge in [-0.3, -0.25) is 0 Å². The van der Waals surface area contributed by atoms with Gasteiger partial charge < -0.3 is 9.13 Å². The minimum atomic E-state index is 1.07. The largest absolute Gasteiger partial charge is 0.309 e. The maximum Gasteiger partial charge on any atom is 0.0542 e. The van der Waals surface area contributed by atoms with Crippen LogP contribution in [0.5, 0.6) is 0 Å². The lowest BCUT2D eigenvalue weighted by atomic mass is 9.92. The summed E-state index contributed by atoms with van der Waals surface area (Å²) < 4.78 is 4.87. The molecule has 0 fully saturated rings. The van der Waals surface area contributed by atoms with E-state index in [2.05, 4.69) is 174 Å². The van der Waals surface area contributed by atoms with Crippen LogP contribution in [0.15, 0.2) is 158 Å². The maximum absolute atomic E-state index is 4.58. The van der Waals surface area contributed by atoms with Crippen LogP contribution < -0.4 is 0 Å². The molecule has 7 aromatic carbocycles. The number of aromatic nitrogens is 2. The molecule has 2 heterocycles. The summed E-state index contributed by atoms with van der Waals surface area (Å²) in [7, 11) is 0. The summed E-state index contributed by atoms with van der Waals surface area (Å²) in [5.74, 6) is 0. The first-order valence-electron chi connectivity index (χ1n) is 16.2. The van der Waals surface area contributed by atoms with Crippen LogP contribution in [-0.2, 0) is 0 Å². The van der Waals surface area contributed by atoms with Gasteiger partial charge in [-0.2, -0.15) is 0 Å². The lowest BCUT2D eigenvalue weighted by Gasteiger charge is -2.15. The Morgan fingerprint density at radius 1 is 0.468 bits per heavy atom.